The van der Waals surface area contributed by atoms with E-state index in [2.05, 4.69) is 15.4 Å². The Labute approximate surface area is 140 Å². The number of hydrogen-bond acceptors (Lipinski definition) is 6. The molecule has 1 aromatic heterocycles. The maximum Gasteiger partial charge on any atom is 0.338 e. The third-order valence-corrected chi connectivity index (χ3v) is 3.81. The maximum absolute atomic E-state index is 12.6. The molecule has 2 heterocycles. The molecule has 0 fully saturated rings. The zero-order chi connectivity index (χ0) is 17.1. The molecule has 0 radical (unpaired) electrons. The highest BCUT2D eigenvalue weighted by atomic mass is 16.6. The van der Waals surface area contributed by atoms with Crippen LogP contribution in [0.15, 0.2) is 41.6 Å². The second kappa shape index (κ2) is 6.84. The van der Waals surface area contributed by atoms with E-state index in [4.69, 9.17) is 9.47 Å². The number of esters is 1. The summed E-state index contributed by atoms with van der Waals surface area (Å²) in [6, 6.07) is 9.36. The van der Waals surface area contributed by atoms with Crippen LogP contribution < -0.4 is 5.32 Å². The highest BCUT2D eigenvalue weighted by Crippen LogP contribution is 2.35. The number of carbonyl (C=O) groups is 1. The molecule has 24 heavy (non-hydrogen) atoms. The van der Waals surface area contributed by atoms with Crippen molar-refractivity contribution in [1.29, 1.82) is 0 Å². The number of aromatic nitrogens is 3. The molecule has 1 aliphatic heterocycles. The van der Waals surface area contributed by atoms with Crippen molar-refractivity contribution in [2.75, 3.05) is 25.6 Å². The first kappa shape index (κ1) is 16.2. The number of allylic oxidation sites excluding steroid dienone is 1. The molecule has 0 saturated heterocycles. The molecule has 7 nitrogen and oxygen atoms in total. The molecule has 0 bridgehead atoms. The van der Waals surface area contributed by atoms with Gasteiger partial charge in [-0.3, -0.25) is 0 Å². The maximum atomic E-state index is 12.6. The van der Waals surface area contributed by atoms with Crippen LogP contribution in [0.5, 0.6) is 0 Å². The first-order valence-electron chi connectivity index (χ1n) is 7.73. The van der Waals surface area contributed by atoms with E-state index in [1.54, 1.807) is 11.8 Å². The van der Waals surface area contributed by atoms with Crippen molar-refractivity contribution in [2.24, 2.45) is 0 Å². The summed E-state index contributed by atoms with van der Waals surface area (Å²) in [5.74, 6) is 0.872. The molecule has 3 rings (SSSR count). The molecule has 1 N–H and O–H groups in total. The van der Waals surface area contributed by atoms with Crippen LogP contribution >= 0.6 is 0 Å². The van der Waals surface area contributed by atoms with E-state index in [9.17, 15) is 4.79 Å². The second-order valence-corrected chi connectivity index (χ2v) is 5.53. The van der Waals surface area contributed by atoms with Crippen molar-refractivity contribution in [2.45, 2.75) is 19.9 Å². The minimum absolute atomic E-state index is 0.205. The summed E-state index contributed by atoms with van der Waals surface area (Å²) in [4.78, 5) is 17.0. The third kappa shape index (κ3) is 3.03. The third-order valence-electron chi connectivity index (χ3n) is 3.81. The quantitative estimate of drug-likeness (QED) is 0.669. The molecule has 0 aliphatic carbocycles. The minimum atomic E-state index is -0.385. The average molecular weight is 328 g/mol. The molecule has 0 unspecified atom stereocenters. The lowest BCUT2D eigenvalue weighted by atomic mass is 9.96. The fourth-order valence-electron chi connectivity index (χ4n) is 2.76. The minimum Gasteiger partial charge on any atom is -0.460 e. The van der Waals surface area contributed by atoms with E-state index in [1.165, 1.54) is 0 Å². The van der Waals surface area contributed by atoms with Gasteiger partial charge in [0.25, 0.3) is 0 Å². The van der Waals surface area contributed by atoms with Gasteiger partial charge in [0, 0.05) is 12.8 Å². The van der Waals surface area contributed by atoms with E-state index in [1.807, 2.05) is 44.2 Å². The van der Waals surface area contributed by atoms with Gasteiger partial charge in [0.2, 0.25) is 5.95 Å². The Balaban J connectivity index is 2.02. The molecule has 0 amide bonds. The van der Waals surface area contributed by atoms with E-state index in [-0.39, 0.29) is 18.6 Å². The van der Waals surface area contributed by atoms with Crippen LogP contribution in [0.2, 0.25) is 0 Å². The largest absolute Gasteiger partial charge is 0.460 e. The Kier molecular flexibility index (Phi) is 4.61. The van der Waals surface area contributed by atoms with Gasteiger partial charge in [-0.15, -0.1) is 0 Å². The number of carbonyl (C=O) groups excluding carboxylic acids is 1. The van der Waals surface area contributed by atoms with Gasteiger partial charge < -0.3 is 14.8 Å². The smallest absolute Gasteiger partial charge is 0.338 e. The summed E-state index contributed by atoms with van der Waals surface area (Å²) in [6.45, 7) is 4.23. The number of nitrogens with zero attached hydrogens (tertiary/aromatic N) is 3. The van der Waals surface area contributed by atoms with Crippen LogP contribution in [-0.2, 0) is 14.3 Å². The lowest BCUT2D eigenvalue weighted by molar-refractivity contribution is -0.140. The van der Waals surface area contributed by atoms with Crippen molar-refractivity contribution in [3.8, 4) is 0 Å². The summed E-state index contributed by atoms with van der Waals surface area (Å²) in [5, 5.41) is 7.59. The highest BCUT2D eigenvalue weighted by Gasteiger charge is 2.34. The predicted molar refractivity (Wildman–Crippen MR) is 88.5 cm³/mol. The van der Waals surface area contributed by atoms with Crippen molar-refractivity contribution < 1.29 is 14.3 Å². The zero-order valence-electron chi connectivity index (χ0n) is 13.9. The fourth-order valence-corrected chi connectivity index (χ4v) is 2.76. The van der Waals surface area contributed by atoms with Crippen LogP contribution in [0.25, 0.3) is 0 Å². The number of methoxy groups -OCH3 is 1. The normalized spacial score (nSPS) is 16.5. The van der Waals surface area contributed by atoms with Crippen LogP contribution in [-0.4, -0.2) is 41.1 Å². The Hall–Kier alpha value is -2.67. The number of hydrogen-bond donors (Lipinski definition) is 1. The topological polar surface area (TPSA) is 78.3 Å². The van der Waals surface area contributed by atoms with E-state index >= 15 is 0 Å². The molecule has 0 spiro atoms. The van der Waals surface area contributed by atoms with Gasteiger partial charge >= 0.3 is 5.97 Å². The molecule has 7 heteroatoms. The average Bonchev–Trinajstić information content (AvgIpc) is 2.94. The monoisotopic (exact) mass is 328 g/mol. The number of fused-ring (bicyclic) bond motifs is 1. The Bertz CT molecular complexity index is 767. The van der Waals surface area contributed by atoms with Crippen molar-refractivity contribution in [3.63, 3.8) is 0 Å². The van der Waals surface area contributed by atoms with Gasteiger partial charge in [-0.05, 0) is 19.4 Å². The van der Waals surface area contributed by atoms with Crippen LogP contribution in [0, 0.1) is 6.92 Å². The van der Waals surface area contributed by atoms with Crippen LogP contribution in [0.1, 0.15) is 24.4 Å². The van der Waals surface area contributed by atoms with Crippen LogP contribution in [0.3, 0.4) is 0 Å². The predicted octanol–water partition coefficient (Wildman–Crippen LogP) is 2.07. The standard InChI is InChI=1S/C17H20N4O3/c1-11-14(16(22)24-10-9-23-3)15(13-7-5-4-6-8-13)21-17(18-11)19-12(2)20-21/h4-8,15H,9-10H2,1-3H3,(H,18,19,20)/t15-/m0/s1. The van der Waals surface area contributed by atoms with Gasteiger partial charge in [-0.25, -0.2) is 9.48 Å². The van der Waals surface area contributed by atoms with Gasteiger partial charge in [0.1, 0.15) is 18.5 Å². The number of rotatable bonds is 5. The summed E-state index contributed by atoms with van der Waals surface area (Å²) < 4.78 is 12.0. The number of nitrogens with one attached hydrogen (secondary N) is 1. The number of benzene rings is 1. The summed E-state index contributed by atoms with van der Waals surface area (Å²) in [7, 11) is 1.57. The van der Waals surface area contributed by atoms with E-state index in [0.717, 1.165) is 5.56 Å². The second-order valence-electron chi connectivity index (χ2n) is 5.53. The molecule has 2 aromatic rings. The molecule has 0 saturated carbocycles. The van der Waals surface area contributed by atoms with Crippen molar-refractivity contribution in [3.05, 3.63) is 53.0 Å². The Morgan fingerprint density at radius 2 is 2.00 bits per heavy atom. The summed E-state index contributed by atoms with van der Waals surface area (Å²) in [6.07, 6.45) is 0. The van der Waals surface area contributed by atoms with Gasteiger partial charge in [0.05, 0.1) is 12.2 Å². The molecular weight excluding hydrogens is 308 g/mol. The van der Waals surface area contributed by atoms with Crippen molar-refractivity contribution >= 4 is 11.9 Å². The van der Waals surface area contributed by atoms with Gasteiger partial charge in [0.15, 0.2) is 0 Å². The van der Waals surface area contributed by atoms with E-state index in [0.29, 0.717) is 29.6 Å². The Morgan fingerprint density at radius 1 is 1.25 bits per heavy atom. The molecule has 1 aromatic carbocycles. The SMILES string of the molecule is COCCOC(=O)C1=C(C)Nc2nc(C)nn2[C@H]1c1ccccc1. The fraction of sp³-hybridized carbons (Fsp3) is 0.353. The summed E-state index contributed by atoms with van der Waals surface area (Å²) >= 11 is 0. The van der Waals surface area contributed by atoms with Gasteiger partial charge in [-0.2, -0.15) is 10.1 Å². The number of ether oxygens (including phenoxy) is 2. The van der Waals surface area contributed by atoms with Gasteiger partial charge in [-0.1, -0.05) is 30.3 Å². The highest BCUT2D eigenvalue weighted by molar-refractivity contribution is 5.92. The Morgan fingerprint density at radius 3 is 2.71 bits per heavy atom. The summed E-state index contributed by atoms with van der Waals surface area (Å²) in [5.41, 5.74) is 2.18. The van der Waals surface area contributed by atoms with Crippen LogP contribution in [0.4, 0.5) is 5.95 Å². The number of anilines is 1. The first-order chi connectivity index (χ1) is 11.6. The molecule has 1 aliphatic rings. The number of aryl methyl sites for hydroxylation is 1. The lowest BCUT2D eigenvalue weighted by Crippen LogP contribution is -2.30. The first-order valence-corrected chi connectivity index (χ1v) is 7.73. The molecular formula is C17H20N4O3. The zero-order valence-corrected chi connectivity index (χ0v) is 13.9. The molecule has 1 atom stereocenters. The van der Waals surface area contributed by atoms with Crippen molar-refractivity contribution in [1.82, 2.24) is 14.8 Å². The lowest BCUT2D eigenvalue weighted by Gasteiger charge is -2.28. The van der Waals surface area contributed by atoms with E-state index < -0.39 is 0 Å². The molecule has 126 valence electrons.